The maximum atomic E-state index is 12.1. The van der Waals surface area contributed by atoms with E-state index in [2.05, 4.69) is 5.32 Å². The Labute approximate surface area is 128 Å². The normalized spacial score (nSPS) is 20.4. The molecule has 0 aromatic carbocycles. The van der Waals surface area contributed by atoms with Crippen LogP contribution in [0, 0.1) is 5.92 Å². The van der Waals surface area contributed by atoms with Crippen LogP contribution >= 0.6 is 0 Å². The summed E-state index contributed by atoms with van der Waals surface area (Å²) in [5, 5.41) is 2.87. The Morgan fingerprint density at radius 2 is 2.14 bits per heavy atom. The monoisotopic (exact) mass is 320 g/mol. The van der Waals surface area contributed by atoms with Gasteiger partial charge in [-0.05, 0) is 32.6 Å². The molecule has 0 unspecified atom stereocenters. The number of hydrogen-bond donors (Lipinski definition) is 1. The molecule has 0 spiro atoms. The van der Waals surface area contributed by atoms with Gasteiger partial charge in [-0.25, -0.2) is 12.7 Å². The second-order valence-electron chi connectivity index (χ2n) is 5.35. The van der Waals surface area contributed by atoms with Crippen LogP contribution in [0.3, 0.4) is 0 Å². The summed E-state index contributed by atoms with van der Waals surface area (Å²) >= 11 is 0. The summed E-state index contributed by atoms with van der Waals surface area (Å²) in [6, 6.07) is 0. The number of carbonyl (C=O) groups is 1. The van der Waals surface area contributed by atoms with Crippen LogP contribution in [0.25, 0.3) is 0 Å². The minimum Gasteiger partial charge on any atom is -0.382 e. The second-order valence-corrected chi connectivity index (χ2v) is 7.44. The number of piperidine rings is 1. The van der Waals surface area contributed by atoms with Crippen molar-refractivity contribution in [2.45, 2.75) is 39.5 Å². The lowest BCUT2D eigenvalue weighted by atomic mass is 9.99. The highest BCUT2D eigenvalue weighted by molar-refractivity contribution is 7.89. The molecule has 0 aromatic rings. The van der Waals surface area contributed by atoms with Gasteiger partial charge in [-0.3, -0.25) is 4.79 Å². The van der Waals surface area contributed by atoms with Crippen molar-refractivity contribution < 1.29 is 17.9 Å². The fraction of sp³-hybridized carbons (Fsp3) is 0.929. The Bertz CT molecular complexity index is 411. The summed E-state index contributed by atoms with van der Waals surface area (Å²) in [6.07, 6.45) is 2.90. The standard InChI is InChI=1S/C14H28N2O4S/c1-3-11-21(18,19)16-9-5-7-13(12-16)14(17)15-8-6-10-20-4-2/h13H,3-12H2,1-2H3,(H,15,17)/t13-/m0/s1. The van der Waals surface area contributed by atoms with E-state index in [1.54, 1.807) is 0 Å². The molecule has 1 N–H and O–H groups in total. The van der Waals surface area contributed by atoms with E-state index in [1.165, 1.54) is 4.31 Å². The number of rotatable bonds is 9. The molecule has 1 aliphatic rings. The molecule has 124 valence electrons. The van der Waals surface area contributed by atoms with Gasteiger partial charge >= 0.3 is 0 Å². The molecule has 7 heteroatoms. The van der Waals surface area contributed by atoms with Crippen molar-refractivity contribution >= 4 is 15.9 Å². The van der Waals surface area contributed by atoms with Crippen LogP contribution in [0.2, 0.25) is 0 Å². The van der Waals surface area contributed by atoms with Gasteiger partial charge < -0.3 is 10.1 Å². The molecule has 1 saturated heterocycles. The Balaban J connectivity index is 2.39. The van der Waals surface area contributed by atoms with Gasteiger partial charge in [-0.1, -0.05) is 6.92 Å². The van der Waals surface area contributed by atoms with E-state index in [4.69, 9.17) is 4.74 Å². The molecule has 21 heavy (non-hydrogen) atoms. The van der Waals surface area contributed by atoms with E-state index in [-0.39, 0.29) is 17.6 Å². The summed E-state index contributed by atoms with van der Waals surface area (Å²) in [4.78, 5) is 12.1. The first-order chi connectivity index (χ1) is 10.0. The van der Waals surface area contributed by atoms with Gasteiger partial charge in [-0.15, -0.1) is 0 Å². The predicted molar refractivity (Wildman–Crippen MR) is 82.5 cm³/mol. The fourth-order valence-corrected chi connectivity index (χ4v) is 4.06. The van der Waals surface area contributed by atoms with Crippen LogP contribution in [0.5, 0.6) is 0 Å². The lowest BCUT2D eigenvalue weighted by Gasteiger charge is -2.31. The zero-order chi connectivity index (χ0) is 15.7. The highest BCUT2D eigenvalue weighted by Crippen LogP contribution is 2.20. The van der Waals surface area contributed by atoms with Gasteiger partial charge in [0, 0.05) is 32.8 Å². The topological polar surface area (TPSA) is 75.7 Å². The highest BCUT2D eigenvalue weighted by atomic mass is 32.2. The van der Waals surface area contributed by atoms with E-state index in [1.807, 2.05) is 13.8 Å². The first kappa shape index (κ1) is 18.4. The second kappa shape index (κ2) is 9.38. The van der Waals surface area contributed by atoms with Crippen LogP contribution in [0.4, 0.5) is 0 Å². The summed E-state index contributed by atoms with van der Waals surface area (Å²) < 4.78 is 30.8. The molecule has 0 aliphatic carbocycles. The van der Waals surface area contributed by atoms with Gasteiger partial charge in [-0.2, -0.15) is 0 Å². The minimum absolute atomic E-state index is 0.0390. The lowest BCUT2D eigenvalue weighted by Crippen LogP contribution is -2.46. The third kappa shape index (κ3) is 6.32. The van der Waals surface area contributed by atoms with Crippen molar-refractivity contribution in [2.75, 3.05) is 38.6 Å². The van der Waals surface area contributed by atoms with Crippen molar-refractivity contribution in [2.24, 2.45) is 5.92 Å². The molecule has 1 amide bonds. The van der Waals surface area contributed by atoms with Crippen molar-refractivity contribution in [1.29, 1.82) is 0 Å². The van der Waals surface area contributed by atoms with Gasteiger partial charge in [0.15, 0.2) is 0 Å². The van der Waals surface area contributed by atoms with Crippen molar-refractivity contribution in [3.05, 3.63) is 0 Å². The van der Waals surface area contributed by atoms with Crippen LogP contribution in [0.1, 0.15) is 39.5 Å². The molecular weight excluding hydrogens is 292 g/mol. The number of ether oxygens (including phenoxy) is 1. The van der Waals surface area contributed by atoms with E-state index >= 15 is 0 Å². The molecule has 1 aliphatic heterocycles. The highest BCUT2D eigenvalue weighted by Gasteiger charge is 2.31. The van der Waals surface area contributed by atoms with Gasteiger partial charge in [0.2, 0.25) is 15.9 Å². The number of nitrogens with zero attached hydrogens (tertiary/aromatic N) is 1. The van der Waals surface area contributed by atoms with Crippen LogP contribution < -0.4 is 5.32 Å². The zero-order valence-electron chi connectivity index (χ0n) is 13.1. The van der Waals surface area contributed by atoms with Gasteiger partial charge in [0.1, 0.15) is 0 Å². The van der Waals surface area contributed by atoms with Gasteiger partial charge in [0.25, 0.3) is 0 Å². The maximum absolute atomic E-state index is 12.1. The molecule has 1 atom stereocenters. The largest absolute Gasteiger partial charge is 0.382 e. The summed E-state index contributed by atoms with van der Waals surface area (Å²) in [6.45, 7) is 6.54. The van der Waals surface area contributed by atoms with E-state index in [9.17, 15) is 13.2 Å². The maximum Gasteiger partial charge on any atom is 0.224 e. The first-order valence-electron chi connectivity index (χ1n) is 7.84. The molecular formula is C14H28N2O4S. The molecule has 0 aromatic heterocycles. The van der Waals surface area contributed by atoms with Crippen LogP contribution in [-0.2, 0) is 19.6 Å². The van der Waals surface area contributed by atoms with E-state index in [0.717, 1.165) is 19.3 Å². The Morgan fingerprint density at radius 3 is 2.81 bits per heavy atom. The fourth-order valence-electron chi connectivity index (χ4n) is 2.47. The summed E-state index contributed by atoms with van der Waals surface area (Å²) in [5.41, 5.74) is 0. The predicted octanol–water partition coefficient (Wildman–Crippen LogP) is 0.981. The summed E-state index contributed by atoms with van der Waals surface area (Å²) in [7, 11) is -3.20. The molecule has 0 saturated carbocycles. The average molecular weight is 320 g/mol. The third-order valence-corrected chi connectivity index (χ3v) is 5.62. The third-order valence-electron chi connectivity index (χ3n) is 3.58. The number of carbonyl (C=O) groups excluding carboxylic acids is 1. The van der Waals surface area contributed by atoms with Crippen molar-refractivity contribution in [1.82, 2.24) is 9.62 Å². The van der Waals surface area contributed by atoms with Crippen LogP contribution in [-0.4, -0.2) is 57.2 Å². The Morgan fingerprint density at radius 1 is 1.38 bits per heavy atom. The molecule has 0 bridgehead atoms. The van der Waals surface area contributed by atoms with Gasteiger partial charge in [0.05, 0.1) is 11.7 Å². The number of amides is 1. The van der Waals surface area contributed by atoms with Crippen molar-refractivity contribution in [3.8, 4) is 0 Å². The molecule has 6 nitrogen and oxygen atoms in total. The smallest absolute Gasteiger partial charge is 0.224 e. The number of hydrogen-bond acceptors (Lipinski definition) is 4. The van der Waals surface area contributed by atoms with Crippen LogP contribution in [0.15, 0.2) is 0 Å². The number of sulfonamides is 1. The minimum atomic E-state index is -3.20. The number of nitrogens with one attached hydrogen (secondary N) is 1. The summed E-state index contributed by atoms with van der Waals surface area (Å²) in [5.74, 6) is -0.101. The molecule has 1 rings (SSSR count). The first-order valence-corrected chi connectivity index (χ1v) is 9.45. The lowest BCUT2D eigenvalue weighted by molar-refractivity contribution is -0.126. The Hall–Kier alpha value is -0.660. The molecule has 0 radical (unpaired) electrons. The Kier molecular flexibility index (Phi) is 8.21. The SMILES string of the molecule is CCCS(=O)(=O)N1CCC[C@H](C(=O)NCCCOCC)C1. The van der Waals surface area contributed by atoms with E-state index in [0.29, 0.717) is 39.3 Å². The zero-order valence-corrected chi connectivity index (χ0v) is 14.0. The van der Waals surface area contributed by atoms with Crippen molar-refractivity contribution in [3.63, 3.8) is 0 Å². The molecule has 1 heterocycles. The average Bonchev–Trinajstić information content (AvgIpc) is 2.47. The quantitative estimate of drug-likeness (QED) is 0.643. The van der Waals surface area contributed by atoms with E-state index < -0.39 is 10.0 Å². The molecule has 1 fully saturated rings.